The number of alkyl halides is 1. The normalized spacial score (nSPS) is 11.8. The molecule has 0 spiro atoms. The molecule has 0 aliphatic heterocycles. The van der Waals surface area contributed by atoms with E-state index >= 15 is 0 Å². The van der Waals surface area contributed by atoms with Crippen LogP contribution in [-0.4, -0.2) is 28.9 Å². The number of carbonyl (C=O) groups is 2. The maximum Gasteiger partial charge on any atom is 0.326 e. The van der Waals surface area contributed by atoms with E-state index in [-0.39, 0.29) is 12.3 Å². The molecule has 0 aromatic heterocycles. The lowest BCUT2D eigenvalue weighted by atomic mass is 10.2. The second-order valence-corrected chi connectivity index (χ2v) is 2.38. The Morgan fingerprint density at radius 1 is 1.67 bits per heavy atom. The Balaban J connectivity index is 4.03. The predicted molar refractivity (Wildman–Crippen MR) is 45.1 cm³/mol. The number of carbonyl (C=O) groups excluding carboxylic acids is 1. The van der Waals surface area contributed by atoms with Gasteiger partial charge in [0.25, 0.3) is 0 Å². The second-order valence-electron chi connectivity index (χ2n) is 2.12. The summed E-state index contributed by atoms with van der Waals surface area (Å²) in [5.41, 5.74) is 0. The summed E-state index contributed by atoms with van der Waals surface area (Å²) in [6.45, 7) is 3.37. The molecule has 0 radical (unpaired) electrons. The van der Waals surface area contributed by atoms with Gasteiger partial charge in [-0.2, -0.15) is 0 Å². The maximum absolute atomic E-state index is 10.7. The minimum absolute atomic E-state index is 0.192. The fraction of sp³-hybridized carbons (Fsp3) is 0.429. The predicted octanol–water partition coefficient (Wildman–Crippen LogP) is 0.371. The molecule has 0 fully saturated rings. The quantitative estimate of drug-likeness (QED) is 0.488. The molecule has 0 aliphatic rings. The Morgan fingerprint density at radius 2 is 2.25 bits per heavy atom. The molecule has 12 heavy (non-hydrogen) atoms. The third kappa shape index (κ3) is 3.98. The molecule has 0 aromatic carbocycles. The molecule has 0 rings (SSSR count). The van der Waals surface area contributed by atoms with Crippen LogP contribution in [0.3, 0.4) is 0 Å². The molecular formula is C7H10ClNO3. The van der Waals surface area contributed by atoms with Gasteiger partial charge in [-0.15, -0.1) is 18.2 Å². The Bertz CT molecular complexity index is 193. The lowest BCUT2D eigenvalue weighted by Crippen LogP contribution is -2.40. The number of carboxylic acid groups (broad SMARTS) is 1. The second kappa shape index (κ2) is 5.60. The Hall–Kier alpha value is -1.03. The molecule has 0 saturated carbocycles. The van der Waals surface area contributed by atoms with Gasteiger partial charge in [0.2, 0.25) is 5.91 Å². The van der Waals surface area contributed by atoms with Gasteiger partial charge in [-0.1, -0.05) is 6.08 Å². The molecule has 2 N–H and O–H groups in total. The molecule has 1 amide bonds. The fourth-order valence-electron chi connectivity index (χ4n) is 0.621. The number of rotatable bonds is 5. The topological polar surface area (TPSA) is 66.4 Å². The number of halogens is 1. The lowest BCUT2D eigenvalue weighted by Gasteiger charge is -2.10. The Labute approximate surface area is 75.2 Å². The van der Waals surface area contributed by atoms with Crippen LogP contribution in [0.1, 0.15) is 6.42 Å². The molecular weight excluding hydrogens is 182 g/mol. The molecule has 4 nitrogen and oxygen atoms in total. The number of carboxylic acids is 1. The largest absolute Gasteiger partial charge is 0.480 e. The zero-order chi connectivity index (χ0) is 9.56. The van der Waals surface area contributed by atoms with E-state index < -0.39 is 17.9 Å². The minimum Gasteiger partial charge on any atom is -0.480 e. The van der Waals surface area contributed by atoms with E-state index in [1.807, 2.05) is 0 Å². The highest BCUT2D eigenvalue weighted by molar-refractivity contribution is 6.27. The highest BCUT2D eigenvalue weighted by atomic mass is 35.5. The van der Waals surface area contributed by atoms with Gasteiger partial charge >= 0.3 is 5.97 Å². The number of hydrogen-bond donors (Lipinski definition) is 2. The highest BCUT2D eigenvalue weighted by Crippen LogP contribution is 1.93. The van der Waals surface area contributed by atoms with Crippen LogP contribution < -0.4 is 5.32 Å². The van der Waals surface area contributed by atoms with Crippen molar-refractivity contribution in [1.29, 1.82) is 0 Å². The Morgan fingerprint density at radius 3 is 2.58 bits per heavy atom. The van der Waals surface area contributed by atoms with E-state index in [0.29, 0.717) is 0 Å². The first kappa shape index (κ1) is 11.0. The van der Waals surface area contributed by atoms with E-state index in [0.717, 1.165) is 0 Å². The molecule has 1 atom stereocenters. The summed E-state index contributed by atoms with van der Waals surface area (Å²) < 4.78 is 0. The summed E-state index contributed by atoms with van der Waals surface area (Å²) in [4.78, 5) is 21.1. The first-order valence-corrected chi connectivity index (χ1v) is 3.84. The number of hydrogen-bond acceptors (Lipinski definition) is 2. The van der Waals surface area contributed by atoms with E-state index in [4.69, 9.17) is 16.7 Å². The summed E-state index contributed by atoms with van der Waals surface area (Å²) in [6, 6.07) is -0.922. The van der Waals surface area contributed by atoms with Crippen LogP contribution in [0.25, 0.3) is 0 Å². The summed E-state index contributed by atoms with van der Waals surface area (Å²) >= 11 is 5.17. The van der Waals surface area contributed by atoms with Gasteiger partial charge in [0.05, 0.1) is 0 Å². The molecule has 0 heterocycles. The first-order valence-electron chi connectivity index (χ1n) is 3.30. The van der Waals surface area contributed by atoms with Crippen molar-refractivity contribution in [3.05, 3.63) is 12.7 Å². The number of amides is 1. The SMILES string of the molecule is C=CC[C@@H](NC(=O)CCl)C(=O)O. The van der Waals surface area contributed by atoms with Crippen LogP contribution in [0.4, 0.5) is 0 Å². The monoisotopic (exact) mass is 191 g/mol. The summed E-state index contributed by atoms with van der Waals surface area (Å²) in [7, 11) is 0. The number of nitrogens with one attached hydrogen (secondary N) is 1. The third-order valence-electron chi connectivity index (χ3n) is 1.16. The van der Waals surface area contributed by atoms with Crippen LogP contribution in [0.2, 0.25) is 0 Å². The molecule has 0 unspecified atom stereocenters. The number of aliphatic carboxylic acids is 1. The van der Waals surface area contributed by atoms with Gasteiger partial charge < -0.3 is 10.4 Å². The van der Waals surface area contributed by atoms with Gasteiger partial charge in [-0.05, 0) is 6.42 Å². The molecule has 0 saturated heterocycles. The van der Waals surface area contributed by atoms with Crippen molar-refractivity contribution in [3.8, 4) is 0 Å². The van der Waals surface area contributed by atoms with Crippen LogP contribution >= 0.6 is 11.6 Å². The lowest BCUT2D eigenvalue weighted by molar-refractivity contribution is -0.141. The van der Waals surface area contributed by atoms with Gasteiger partial charge in [-0.25, -0.2) is 4.79 Å². The van der Waals surface area contributed by atoms with Crippen molar-refractivity contribution < 1.29 is 14.7 Å². The maximum atomic E-state index is 10.7. The van der Waals surface area contributed by atoms with Crippen molar-refractivity contribution in [1.82, 2.24) is 5.32 Å². The van der Waals surface area contributed by atoms with Crippen molar-refractivity contribution >= 4 is 23.5 Å². The summed E-state index contributed by atoms with van der Waals surface area (Å²) in [5, 5.41) is 10.8. The standard InChI is InChI=1S/C7H10ClNO3/c1-2-3-5(7(11)12)9-6(10)4-8/h2,5H,1,3-4H2,(H,9,10)(H,11,12)/t5-/m1/s1. The van der Waals surface area contributed by atoms with Crippen molar-refractivity contribution in [2.24, 2.45) is 0 Å². The molecule has 0 aliphatic carbocycles. The minimum atomic E-state index is -1.09. The van der Waals surface area contributed by atoms with Gasteiger partial charge in [-0.3, -0.25) is 4.79 Å². The first-order chi connectivity index (χ1) is 5.61. The molecule has 5 heteroatoms. The van der Waals surface area contributed by atoms with Crippen LogP contribution in [0, 0.1) is 0 Å². The Kier molecular flexibility index (Phi) is 5.12. The molecule has 68 valence electrons. The molecule has 0 aromatic rings. The van der Waals surface area contributed by atoms with Crippen LogP contribution in [0.5, 0.6) is 0 Å². The van der Waals surface area contributed by atoms with E-state index in [1.165, 1.54) is 6.08 Å². The third-order valence-corrected chi connectivity index (χ3v) is 1.40. The molecule has 0 bridgehead atoms. The van der Waals surface area contributed by atoms with E-state index in [1.54, 1.807) is 0 Å². The highest BCUT2D eigenvalue weighted by Gasteiger charge is 2.16. The van der Waals surface area contributed by atoms with Crippen molar-refractivity contribution in [2.45, 2.75) is 12.5 Å². The average molecular weight is 192 g/mol. The zero-order valence-corrected chi connectivity index (χ0v) is 7.17. The van der Waals surface area contributed by atoms with E-state index in [2.05, 4.69) is 11.9 Å². The summed E-state index contributed by atoms with van der Waals surface area (Å²) in [6.07, 6.45) is 1.62. The fourth-order valence-corrected chi connectivity index (χ4v) is 0.698. The van der Waals surface area contributed by atoms with Crippen LogP contribution in [0.15, 0.2) is 12.7 Å². The van der Waals surface area contributed by atoms with E-state index in [9.17, 15) is 9.59 Å². The smallest absolute Gasteiger partial charge is 0.326 e. The van der Waals surface area contributed by atoms with Gasteiger partial charge in [0, 0.05) is 0 Å². The van der Waals surface area contributed by atoms with Crippen molar-refractivity contribution in [3.63, 3.8) is 0 Å². The average Bonchev–Trinajstić information content (AvgIpc) is 2.03. The zero-order valence-electron chi connectivity index (χ0n) is 6.42. The van der Waals surface area contributed by atoms with Crippen LogP contribution in [-0.2, 0) is 9.59 Å². The van der Waals surface area contributed by atoms with Crippen molar-refractivity contribution in [2.75, 3.05) is 5.88 Å². The summed E-state index contributed by atoms with van der Waals surface area (Å²) in [5.74, 6) is -1.82. The van der Waals surface area contributed by atoms with Gasteiger partial charge in [0.15, 0.2) is 0 Å². The van der Waals surface area contributed by atoms with Gasteiger partial charge in [0.1, 0.15) is 11.9 Å².